The second-order valence-electron chi connectivity index (χ2n) is 3.62. The molecule has 0 saturated heterocycles. The van der Waals surface area contributed by atoms with Crippen LogP contribution >= 0.6 is 11.6 Å². The Morgan fingerprint density at radius 3 is 2.60 bits per heavy atom. The van der Waals surface area contributed by atoms with Gasteiger partial charge >= 0.3 is 0 Å². The van der Waals surface area contributed by atoms with Gasteiger partial charge in [0.2, 0.25) is 0 Å². The molecule has 0 N–H and O–H groups in total. The van der Waals surface area contributed by atoms with E-state index in [0.717, 1.165) is 6.54 Å². The summed E-state index contributed by atoms with van der Waals surface area (Å²) in [7, 11) is 0. The zero-order chi connectivity index (χ0) is 10.7. The van der Waals surface area contributed by atoms with Gasteiger partial charge in [0, 0.05) is 12.1 Å². The fourth-order valence-electron chi connectivity index (χ4n) is 1.57. The largest absolute Gasteiger partial charge is 0.268 e. The average Bonchev–Trinajstić information content (AvgIpc) is 2.65. The van der Waals surface area contributed by atoms with Crippen molar-refractivity contribution in [1.29, 1.82) is 0 Å². The molecule has 0 aliphatic heterocycles. The summed E-state index contributed by atoms with van der Waals surface area (Å²) in [6.07, 6.45) is 3.90. The lowest BCUT2D eigenvalue weighted by atomic mass is 10.1. The molecular formula is C12H13ClN2. The number of nitrogens with zero attached hydrogens (tertiary/aromatic N) is 2. The van der Waals surface area contributed by atoms with Crippen molar-refractivity contribution in [3.05, 3.63) is 53.3 Å². The standard InChI is InChI=1S/C12H13ClN2/c1-10-7-14-15(8-10)9-12-5-3-2-4-11(12)6-13/h2-5,7-8H,6,9H2,1H3. The summed E-state index contributed by atoms with van der Waals surface area (Å²) in [5.41, 5.74) is 3.58. The van der Waals surface area contributed by atoms with Gasteiger partial charge in [-0.15, -0.1) is 11.6 Å². The van der Waals surface area contributed by atoms with Gasteiger partial charge in [0.25, 0.3) is 0 Å². The van der Waals surface area contributed by atoms with Crippen LogP contribution in [0.5, 0.6) is 0 Å². The molecule has 0 amide bonds. The molecule has 0 aliphatic carbocycles. The zero-order valence-electron chi connectivity index (χ0n) is 8.65. The maximum Gasteiger partial charge on any atom is 0.0662 e. The monoisotopic (exact) mass is 220 g/mol. The van der Waals surface area contributed by atoms with Crippen molar-refractivity contribution >= 4 is 11.6 Å². The summed E-state index contributed by atoms with van der Waals surface area (Å²) in [4.78, 5) is 0. The molecule has 0 fully saturated rings. The predicted octanol–water partition coefficient (Wildman–Crippen LogP) is 2.98. The Morgan fingerprint density at radius 1 is 1.27 bits per heavy atom. The van der Waals surface area contributed by atoms with E-state index in [1.165, 1.54) is 16.7 Å². The van der Waals surface area contributed by atoms with Crippen molar-refractivity contribution in [3.8, 4) is 0 Å². The Morgan fingerprint density at radius 2 is 2.00 bits per heavy atom. The van der Waals surface area contributed by atoms with Crippen LogP contribution in [0.25, 0.3) is 0 Å². The van der Waals surface area contributed by atoms with Gasteiger partial charge in [-0.2, -0.15) is 5.10 Å². The lowest BCUT2D eigenvalue weighted by Gasteiger charge is -2.06. The maximum absolute atomic E-state index is 5.87. The molecule has 1 aromatic heterocycles. The van der Waals surface area contributed by atoms with Crippen LogP contribution in [0.3, 0.4) is 0 Å². The molecule has 0 radical (unpaired) electrons. The van der Waals surface area contributed by atoms with Crippen LogP contribution in [-0.4, -0.2) is 9.78 Å². The lowest BCUT2D eigenvalue weighted by Crippen LogP contribution is -2.02. The van der Waals surface area contributed by atoms with Crippen molar-refractivity contribution in [2.24, 2.45) is 0 Å². The van der Waals surface area contributed by atoms with Crippen molar-refractivity contribution in [3.63, 3.8) is 0 Å². The molecule has 78 valence electrons. The van der Waals surface area contributed by atoms with Gasteiger partial charge in [-0.05, 0) is 23.6 Å². The second-order valence-corrected chi connectivity index (χ2v) is 3.88. The van der Waals surface area contributed by atoms with Crippen molar-refractivity contribution in [2.45, 2.75) is 19.3 Å². The Kier molecular flexibility index (Phi) is 3.07. The minimum Gasteiger partial charge on any atom is -0.268 e. The molecule has 0 atom stereocenters. The van der Waals surface area contributed by atoms with Gasteiger partial charge in [0.1, 0.15) is 0 Å². The Hall–Kier alpha value is -1.28. The SMILES string of the molecule is Cc1cnn(Cc2ccccc2CCl)c1. The number of aryl methyl sites for hydroxylation is 1. The molecule has 0 unspecified atom stereocenters. The fourth-order valence-corrected chi connectivity index (χ4v) is 1.83. The Labute approximate surface area is 94.5 Å². The number of aromatic nitrogens is 2. The van der Waals surface area contributed by atoms with Gasteiger partial charge in [0.15, 0.2) is 0 Å². The van der Waals surface area contributed by atoms with E-state index in [1.54, 1.807) is 0 Å². The molecule has 3 heteroatoms. The number of rotatable bonds is 3. The molecule has 2 nitrogen and oxygen atoms in total. The van der Waals surface area contributed by atoms with Gasteiger partial charge in [0.05, 0.1) is 12.7 Å². The van der Waals surface area contributed by atoms with E-state index in [1.807, 2.05) is 36.1 Å². The highest BCUT2D eigenvalue weighted by atomic mass is 35.5. The van der Waals surface area contributed by atoms with Crippen LogP contribution in [0.1, 0.15) is 16.7 Å². The third kappa shape index (κ3) is 2.39. The number of hydrogen-bond acceptors (Lipinski definition) is 1. The molecule has 15 heavy (non-hydrogen) atoms. The van der Waals surface area contributed by atoms with Crippen LogP contribution in [0.4, 0.5) is 0 Å². The predicted molar refractivity (Wildman–Crippen MR) is 62.1 cm³/mol. The topological polar surface area (TPSA) is 17.8 Å². The summed E-state index contributed by atoms with van der Waals surface area (Å²) in [5, 5.41) is 4.26. The van der Waals surface area contributed by atoms with Gasteiger partial charge in [-0.3, -0.25) is 4.68 Å². The minimum atomic E-state index is 0.552. The Balaban J connectivity index is 2.23. The summed E-state index contributed by atoms with van der Waals surface area (Å²) in [5.74, 6) is 0.552. The molecule has 2 rings (SSSR count). The fraction of sp³-hybridized carbons (Fsp3) is 0.250. The third-order valence-electron chi connectivity index (χ3n) is 2.36. The van der Waals surface area contributed by atoms with Crippen molar-refractivity contribution in [1.82, 2.24) is 9.78 Å². The van der Waals surface area contributed by atoms with E-state index < -0.39 is 0 Å². The molecule has 0 bridgehead atoms. The highest BCUT2D eigenvalue weighted by Gasteiger charge is 2.01. The normalized spacial score (nSPS) is 10.5. The quantitative estimate of drug-likeness (QED) is 0.728. The molecule has 1 heterocycles. The summed E-state index contributed by atoms with van der Waals surface area (Å²) >= 11 is 5.87. The zero-order valence-corrected chi connectivity index (χ0v) is 9.41. The molecular weight excluding hydrogens is 208 g/mol. The number of hydrogen-bond donors (Lipinski definition) is 0. The summed E-state index contributed by atoms with van der Waals surface area (Å²) in [6, 6.07) is 8.19. The lowest BCUT2D eigenvalue weighted by molar-refractivity contribution is 0.683. The first-order valence-electron chi connectivity index (χ1n) is 4.91. The van der Waals surface area contributed by atoms with Crippen molar-refractivity contribution in [2.75, 3.05) is 0 Å². The smallest absolute Gasteiger partial charge is 0.0662 e. The Bertz CT molecular complexity index is 448. The first kappa shape index (κ1) is 10.2. The maximum atomic E-state index is 5.87. The van der Waals surface area contributed by atoms with E-state index in [2.05, 4.69) is 17.2 Å². The van der Waals surface area contributed by atoms with Gasteiger partial charge in [-0.25, -0.2) is 0 Å². The van der Waals surface area contributed by atoms with Crippen LogP contribution in [0.15, 0.2) is 36.7 Å². The van der Waals surface area contributed by atoms with E-state index >= 15 is 0 Å². The first-order chi connectivity index (χ1) is 7.29. The third-order valence-corrected chi connectivity index (χ3v) is 2.64. The molecule has 0 saturated carbocycles. The van der Waals surface area contributed by atoms with Gasteiger partial charge in [-0.1, -0.05) is 24.3 Å². The van der Waals surface area contributed by atoms with Crippen LogP contribution in [0.2, 0.25) is 0 Å². The molecule has 0 aliphatic rings. The highest BCUT2D eigenvalue weighted by Crippen LogP contribution is 2.12. The van der Waals surface area contributed by atoms with E-state index in [9.17, 15) is 0 Å². The summed E-state index contributed by atoms with van der Waals surface area (Å²) < 4.78 is 1.93. The molecule has 2 aromatic rings. The van der Waals surface area contributed by atoms with E-state index in [-0.39, 0.29) is 0 Å². The number of halogens is 1. The molecule has 0 spiro atoms. The van der Waals surface area contributed by atoms with Crippen LogP contribution in [-0.2, 0) is 12.4 Å². The van der Waals surface area contributed by atoms with E-state index in [0.29, 0.717) is 5.88 Å². The number of benzene rings is 1. The minimum absolute atomic E-state index is 0.552. The van der Waals surface area contributed by atoms with Crippen LogP contribution < -0.4 is 0 Å². The van der Waals surface area contributed by atoms with Crippen molar-refractivity contribution < 1.29 is 0 Å². The van der Waals surface area contributed by atoms with E-state index in [4.69, 9.17) is 11.6 Å². The average molecular weight is 221 g/mol. The first-order valence-corrected chi connectivity index (χ1v) is 5.45. The molecule has 1 aromatic carbocycles. The summed E-state index contributed by atoms with van der Waals surface area (Å²) in [6.45, 7) is 2.83. The van der Waals surface area contributed by atoms with Crippen LogP contribution in [0, 0.1) is 6.92 Å². The van der Waals surface area contributed by atoms with Gasteiger partial charge < -0.3 is 0 Å². The highest BCUT2D eigenvalue weighted by molar-refractivity contribution is 6.17. The second kappa shape index (κ2) is 4.49. The number of alkyl halides is 1.